The van der Waals surface area contributed by atoms with Crippen LogP contribution in [0, 0.1) is 19.8 Å². The molecule has 1 aliphatic heterocycles. The zero-order valence-electron chi connectivity index (χ0n) is 10.2. The molecule has 1 saturated heterocycles. The van der Waals surface area contributed by atoms with Crippen molar-refractivity contribution in [3.05, 3.63) is 11.4 Å². The van der Waals surface area contributed by atoms with Gasteiger partial charge in [-0.1, -0.05) is 0 Å². The average Bonchev–Trinajstić information content (AvgIpc) is 2.66. The summed E-state index contributed by atoms with van der Waals surface area (Å²) in [6.07, 6.45) is 1.25. The number of aryl methyl sites for hydroxylation is 2. The Morgan fingerprint density at radius 3 is 2.75 bits per heavy atom. The Balaban J connectivity index is 1.87. The van der Waals surface area contributed by atoms with Crippen LogP contribution in [-0.2, 0) is 0 Å². The van der Waals surface area contributed by atoms with Crippen molar-refractivity contribution < 1.29 is 0 Å². The van der Waals surface area contributed by atoms with Crippen LogP contribution in [0.4, 0.5) is 5.95 Å². The second kappa shape index (κ2) is 4.74. The molecule has 0 aliphatic carbocycles. The number of anilines is 1. The Morgan fingerprint density at radius 1 is 1.31 bits per heavy atom. The van der Waals surface area contributed by atoms with E-state index in [1.165, 1.54) is 13.0 Å². The Labute approximate surface area is 96.3 Å². The van der Waals surface area contributed by atoms with E-state index in [0.717, 1.165) is 24.5 Å². The molecular weight excluding hydrogens is 202 g/mol. The number of likely N-dealkylation sites (tertiary alicyclic amines) is 1. The summed E-state index contributed by atoms with van der Waals surface area (Å²) in [5.74, 6) is 1.35. The SMILES string of the molecule is Cc1nnc(NCC2CCN(C)C2)nc1C. The van der Waals surface area contributed by atoms with E-state index >= 15 is 0 Å². The minimum atomic E-state index is 0.651. The molecule has 1 aliphatic rings. The molecule has 88 valence electrons. The summed E-state index contributed by atoms with van der Waals surface area (Å²) < 4.78 is 0. The molecule has 1 fully saturated rings. The molecule has 0 radical (unpaired) electrons. The summed E-state index contributed by atoms with van der Waals surface area (Å²) in [7, 11) is 2.16. The lowest BCUT2D eigenvalue weighted by Crippen LogP contribution is -2.20. The second-order valence-electron chi connectivity index (χ2n) is 4.60. The van der Waals surface area contributed by atoms with Crippen molar-refractivity contribution in [2.45, 2.75) is 20.3 Å². The highest BCUT2D eigenvalue weighted by molar-refractivity contribution is 5.24. The quantitative estimate of drug-likeness (QED) is 0.820. The third-order valence-electron chi connectivity index (χ3n) is 3.13. The first-order valence-corrected chi connectivity index (χ1v) is 5.75. The largest absolute Gasteiger partial charge is 0.353 e. The molecule has 0 saturated carbocycles. The fourth-order valence-electron chi connectivity index (χ4n) is 1.96. The normalized spacial score (nSPS) is 21.3. The summed E-state index contributed by atoms with van der Waals surface area (Å²) in [4.78, 5) is 6.71. The fraction of sp³-hybridized carbons (Fsp3) is 0.727. The Hall–Kier alpha value is -1.23. The number of nitrogens with zero attached hydrogens (tertiary/aromatic N) is 4. The molecule has 1 aromatic rings. The zero-order valence-corrected chi connectivity index (χ0v) is 10.2. The predicted molar refractivity (Wildman–Crippen MR) is 63.4 cm³/mol. The molecule has 1 N–H and O–H groups in total. The fourth-order valence-corrected chi connectivity index (χ4v) is 1.96. The predicted octanol–water partition coefficient (Wildman–Crippen LogP) is 0.852. The maximum absolute atomic E-state index is 4.35. The summed E-state index contributed by atoms with van der Waals surface area (Å²) in [6.45, 7) is 7.17. The first-order chi connectivity index (χ1) is 7.65. The zero-order chi connectivity index (χ0) is 11.5. The lowest BCUT2D eigenvalue weighted by atomic mass is 10.1. The Morgan fingerprint density at radius 2 is 2.12 bits per heavy atom. The highest BCUT2D eigenvalue weighted by Crippen LogP contribution is 2.14. The van der Waals surface area contributed by atoms with Crippen molar-refractivity contribution in [2.75, 3.05) is 32.0 Å². The lowest BCUT2D eigenvalue weighted by Gasteiger charge is -2.11. The van der Waals surface area contributed by atoms with Gasteiger partial charge in [0.1, 0.15) is 0 Å². The van der Waals surface area contributed by atoms with E-state index in [4.69, 9.17) is 0 Å². The van der Waals surface area contributed by atoms with Gasteiger partial charge in [0.2, 0.25) is 5.95 Å². The van der Waals surface area contributed by atoms with Gasteiger partial charge in [0, 0.05) is 13.1 Å². The summed E-state index contributed by atoms with van der Waals surface area (Å²) in [6, 6.07) is 0. The number of nitrogens with one attached hydrogen (secondary N) is 1. The molecule has 0 amide bonds. The van der Waals surface area contributed by atoms with Gasteiger partial charge in [0.15, 0.2) is 0 Å². The lowest BCUT2D eigenvalue weighted by molar-refractivity contribution is 0.399. The molecule has 0 spiro atoms. The molecule has 2 heterocycles. The second-order valence-corrected chi connectivity index (χ2v) is 4.60. The van der Waals surface area contributed by atoms with Gasteiger partial charge in [-0.15, -0.1) is 5.10 Å². The maximum atomic E-state index is 4.35. The first kappa shape index (κ1) is 11.3. The smallest absolute Gasteiger partial charge is 0.242 e. The van der Waals surface area contributed by atoms with Crippen molar-refractivity contribution in [3.63, 3.8) is 0 Å². The van der Waals surface area contributed by atoms with E-state index < -0.39 is 0 Å². The van der Waals surface area contributed by atoms with Crippen LogP contribution < -0.4 is 5.32 Å². The molecule has 2 rings (SSSR count). The van der Waals surface area contributed by atoms with Crippen molar-refractivity contribution >= 4 is 5.95 Å². The summed E-state index contributed by atoms with van der Waals surface area (Å²) >= 11 is 0. The minimum Gasteiger partial charge on any atom is -0.353 e. The van der Waals surface area contributed by atoms with Crippen LogP contribution in [0.25, 0.3) is 0 Å². The minimum absolute atomic E-state index is 0.651. The number of aromatic nitrogens is 3. The van der Waals surface area contributed by atoms with Crippen molar-refractivity contribution in [1.82, 2.24) is 20.1 Å². The standard InChI is InChI=1S/C11H19N5/c1-8-9(2)14-15-11(13-8)12-6-10-4-5-16(3)7-10/h10H,4-7H2,1-3H3,(H,12,13,15). The molecule has 1 unspecified atom stereocenters. The Bertz CT molecular complexity index is 365. The summed E-state index contributed by atoms with van der Waals surface area (Å²) in [5.41, 5.74) is 1.84. The van der Waals surface area contributed by atoms with Crippen molar-refractivity contribution in [1.29, 1.82) is 0 Å². The van der Waals surface area contributed by atoms with E-state index in [1.807, 2.05) is 13.8 Å². The molecule has 5 heteroatoms. The highest BCUT2D eigenvalue weighted by atomic mass is 15.2. The third kappa shape index (κ3) is 2.66. The number of rotatable bonds is 3. The van der Waals surface area contributed by atoms with Crippen LogP contribution in [0.5, 0.6) is 0 Å². The monoisotopic (exact) mass is 221 g/mol. The van der Waals surface area contributed by atoms with Gasteiger partial charge in [-0.05, 0) is 39.8 Å². The molecule has 0 bridgehead atoms. The van der Waals surface area contributed by atoms with E-state index in [9.17, 15) is 0 Å². The van der Waals surface area contributed by atoms with Gasteiger partial charge in [0.25, 0.3) is 0 Å². The van der Waals surface area contributed by atoms with Crippen LogP contribution in [0.1, 0.15) is 17.8 Å². The molecule has 5 nitrogen and oxygen atoms in total. The highest BCUT2D eigenvalue weighted by Gasteiger charge is 2.19. The van der Waals surface area contributed by atoms with Crippen LogP contribution in [0.2, 0.25) is 0 Å². The first-order valence-electron chi connectivity index (χ1n) is 5.75. The van der Waals surface area contributed by atoms with Crippen LogP contribution in [-0.4, -0.2) is 46.8 Å². The molecule has 16 heavy (non-hydrogen) atoms. The maximum Gasteiger partial charge on any atom is 0.242 e. The van der Waals surface area contributed by atoms with Gasteiger partial charge in [0.05, 0.1) is 11.4 Å². The average molecular weight is 221 g/mol. The van der Waals surface area contributed by atoms with E-state index in [0.29, 0.717) is 11.9 Å². The topological polar surface area (TPSA) is 53.9 Å². The van der Waals surface area contributed by atoms with E-state index in [2.05, 4.69) is 32.4 Å². The van der Waals surface area contributed by atoms with Gasteiger partial charge in [-0.2, -0.15) is 5.10 Å². The molecule has 1 atom stereocenters. The molecule has 0 aromatic carbocycles. The van der Waals surface area contributed by atoms with Gasteiger partial charge in [-0.3, -0.25) is 0 Å². The van der Waals surface area contributed by atoms with Crippen molar-refractivity contribution in [3.8, 4) is 0 Å². The van der Waals surface area contributed by atoms with E-state index in [1.54, 1.807) is 0 Å². The van der Waals surface area contributed by atoms with Gasteiger partial charge in [-0.25, -0.2) is 4.98 Å². The van der Waals surface area contributed by atoms with Gasteiger partial charge < -0.3 is 10.2 Å². The molecular formula is C11H19N5. The van der Waals surface area contributed by atoms with Crippen molar-refractivity contribution in [2.24, 2.45) is 5.92 Å². The number of hydrogen-bond acceptors (Lipinski definition) is 5. The van der Waals surface area contributed by atoms with E-state index in [-0.39, 0.29) is 0 Å². The third-order valence-corrected chi connectivity index (χ3v) is 3.13. The summed E-state index contributed by atoms with van der Waals surface area (Å²) in [5, 5.41) is 11.4. The van der Waals surface area contributed by atoms with Gasteiger partial charge >= 0.3 is 0 Å². The van der Waals surface area contributed by atoms with Crippen LogP contribution in [0.15, 0.2) is 0 Å². The number of hydrogen-bond donors (Lipinski definition) is 1. The van der Waals surface area contributed by atoms with Crippen LogP contribution >= 0.6 is 0 Å². The molecule has 1 aromatic heterocycles. The van der Waals surface area contributed by atoms with Crippen LogP contribution in [0.3, 0.4) is 0 Å². The Kier molecular flexibility index (Phi) is 3.33.